The molecule has 0 bridgehead atoms. The Morgan fingerprint density at radius 3 is 2.26 bits per heavy atom. The summed E-state index contributed by atoms with van der Waals surface area (Å²) in [7, 11) is 0. The molecule has 1 aromatic heterocycles. The van der Waals surface area contributed by atoms with E-state index in [0.717, 1.165) is 15.8 Å². The zero-order valence-corrected chi connectivity index (χ0v) is 20.8. The van der Waals surface area contributed by atoms with Crippen LogP contribution < -0.4 is 16.2 Å². The first-order chi connectivity index (χ1) is 18.4. The predicted molar refractivity (Wildman–Crippen MR) is 144 cm³/mol. The lowest BCUT2D eigenvalue weighted by Gasteiger charge is -2.25. The van der Waals surface area contributed by atoms with Gasteiger partial charge in [0.1, 0.15) is 11.5 Å². The highest BCUT2D eigenvalue weighted by atomic mass is 32.1. The number of nitrogens with one attached hydrogen (secondary N) is 3. The maximum absolute atomic E-state index is 13.4. The van der Waals surface area contributed by atoms with Crippen molar-refractivity contribution in [1.82, 2.24) is 26.1 Å². The van der Waals surface area contributed by atoms with E-state index in [0.29, 0.717) is 22.9 Å². The van der Waals surface area contributed by atoms with Crippen LogP contribution >= 0.6 is 12.2 Å². The van der Waals surface area contributed by atoms with Crippen LogP contribution in [0.4, 0.5) is 4.39 Å². The molecular weight excluding hydrogens is 505 g/mol. The Labute approximate surface area is 222 Å². The molecule has 0 saturated heterocycles. The highest BCUT2D eigenvalue weighted by Crippen LogP contribution is 2.23. The van der Waals surface area contributed by atoms with Crippen molar-refractivity contribution in [2.75, 3.05) is 6.54 Å². The Morgan fingerprint density at radius 2 is 1.55 bits per heavy atom. The van der Waals surface area contributed by atoms with Gasteiger partial charge in [-0.15, -0.1) is 0 Å². The predicted octanol–water partition coefficient (Wildman–Crippen LogP) is 3.39. The first-order valence-corrected chi connectivity index (χ1v) is 12.2. The fourth-order valence-corrected chi connectivity index (χ4v) is 4.60. The van der Waals surface area contributed by atoms with Gasteiger partial charge in [0.05, 0.1) is 17.2 Å². The van der Waals surface area contributed by atoms with Crippen molar-refractivity contribution in [2.24, 2.45) is 0 Å². The van der Waals surface area contributed by atoms with Gasteiger partial charge in [0.15, 0.2) is 5.11 Å². The fourth-order valence-electron chi connectivity index (χ4n) is 4.39. The van der Waals surface area contributed by atoms with Gasteiger partial charge in [0, 0.05) is 18.1 Å². The second-order valence-electron chi connectivity index (χ2n) is 8.73. The standard InChI is InChI=1S/C28H22FN5O3S/c29-19-11-9-17(10-12-19)15-20(16-34-26(36)22-7-3-4-8-23(22)27(34)37)31-28(38)33-32-25(35)24-21-6-2-1-5-18(21)13-14-30-24/h1-14,20H,15-16H2,(H,32,35)(H2,31,33,38)/t20-/m1/s1. The van der Waals surface area contributed by atoms with Crippen LogP contribution in [0.15, 0.2) is 85.1 Å². The molecule has 4 aromatic rings. The number of carbonyl (C=O) groups excluding carboxylic acids is 3. The molecule has 0 unspecified atom stereocenters. The summed E-state index contributed by atoms with van der Waals surface area (Å²) in [5.41, 5.74) is 6.89. The molecule has 190 valence electrons. The van der Waals surface area contributed by atoms with Crippen LogP contribution in [0.1, 0.15) is 36.8 Å². The molecule has 0 saturated carbocycles. The van der Waals surface area contributed by atoms with Crippen molar-refractivity contribution < 1.29 is 18.8 Å². The molecule has 3 aromatic carbocycles. The number of hydrogen-bond acceptors (Lipinski definition) is 5. The third-order valence-electron chi connectivity index (χ3n) is 6.19. The number of fused-ring (bicyclic) bond motifs is 2. The molecule has 8 nitrogen and oxygen atoms in total. The molecule has 0 fully saturated rings. The molecule has 38 heavy (non-hydrogen) atoms. The Balaban J connectivity index is 1.29. The zero-order valence-electron chi connectivity index (χ0n) is 20.0. The van der Waals surface area contributed by atoms with Gasteiger partial charge in [-0.2, -0.15) is 0 Å². The van der Waals surface area contributed by atoms with Gasteiger partial charge in [-0.05, 0) is 59.9 Å². The van der Waals surface area contributed by atoms with E-state index >= 15 is 0 Å². The van der Waals surface area contributed by atoms with E-state index in [9.17, 15) is 18.8 Å². The Morgan fingerprint density at radius 1 is 0.895 bits per heavy atom. The fraction of sp³-hybridized carbons (Fsp3) is 0.107. The molecule has 0 radical (unpaired) electrons. The smallest absolute Gasteiger partial charge is 0.288 e. The van der Waals surface area contributed by atoms with Crippen molar-refractivity contribution in [2.45, 2.75) is 12.5 Å². The summed E-state index contributed by atoms with van der Waals surface area (Å²) >= 11 is 5.39. The van der Waals surface area contributed by atoms with Crippen LogP contribution in [0.3, 0.4) is 0 Å². The van der Waals surface area contributed by atoms with Gasteiger partial charge < -0.3 is 5.32 Å². The summed E-state index contributed by atoms with van der Waals surface area (Å²) in [5, 5.41) is 4.69. The lowest BCUT2D eigenvalue weighted by Crippen LogP contribution is -2.53. The number of halogens is 1. The van der Waals surface area contributed by atoms with Gasteiger partial charge in [0.2, 0.25) is 0 Å². The number of aromatic nitrogens is 1. The third kappa shape index (κ3) is 5.21. The summed E-state index contributed by atoms with van der Waals surface area (Å²) in [6, 6.07) is 21.2. The zero-order chi connectivity index (χ0) is 26.6. The molecular formula is C28H22FN5O3S. The van der Waals surface area contributed by atoms with Crippen LogP contribution in [-0.2, 0) is 6.42 Å². The highest BCUT2D eigenvalue weighted by molar-refractivity contribution is 7.80. The Bertz CT molecular complexity index is 1520. The second-order valence-corrected chi connectivity index (χ2v) is 9.14. The average Bonchev–Trinajstić information content (AvgIpc) is 3.17. The summed E-state index contributed by atoms with van der Waals surface area (Å²) in [6.07, 6.45) is 1.88. The van der Waals surface area contributed by atoms with E-state index < -0.39 is 23.8 Å². The molecule has 1 aliphatic heterocycles. The number of hydrazine groups is 1. The lowest BCUT2D eigenvalue weighted by atomic mass is 10.1. The normalized spacial score (nSPS) is 13.2. The van der Waals surface area contributed by atoms with E-state index in [4.69, 9.17) is 12.2 Å². The van der Waals surface area contributed by atoms with Crippen molar-refractivity contribution in [1.29, 1.82) is 0 Å². The van der Waals surface area contributed by atoms with E-state index in [-0.39, 0.29) is 23.2 Å². The van der Waals surface area contributed by atoms with Gasteiger partial charge in [-0.3, -0.25) is 35.1 Å². The van der Waals surface area contributed by atoms with Crippen molar-refractivity contribution >= 4 is 45.8 Å². The molecule has 3 amide bonds. The van der Waals surface area contributed by atoms with Crippen LogP contribution in [-0.4, -0.2) is 45.3 Å². The molecule has 0 aliphatic carbocycles. The third-order valence-corrected chi connectivity index (χ3v) is 6.41. The molecule has 5 rings (SSSR count). The first-order valence-electron chi connectivity index (χ1n) is 11.8. The SMILES string of the molecule is O=C(NNC(=S)N[C@H](Cc1ccc(F)cc1)CN1C(=O)c2ccccc2C1=O)c1nccc2ccccc12. The molecule has 10 heteroatoms. The van der Waals surface area contributed by atoms with Gasteiger partial charge in [0.25, 0.3) is 17.7 Å². The Kier molecular flexibility index (Phi) is 7.05. The highest BCUT2D eigenvalue weighted by Gasteiger charge is 2.36. The molecule has 0 spiro atoms. The number of imide groups is 1. The number of carbonyl (C=O) groups is 3. The van der Waals surface area contributed by atoms with E-state index in [1.165, 1.54) is 12.1 Å². The number of benzene rings is 3. The van der Waals surface area contributed by atoms with Crippen LogP contribution in [0.2, 0.25) is 0 Å². The molecule has 1 atom stereocenters. The summed E-state index contributed by atoms with van der Waals surface area (Å²) < 4.78 is 13.4. The molecule has 3 N–H and O–H groups in total. The minimum Gasteiger partial charge on any atom is -0.356 e. The van der Waals surface area contributed by atoms with Crippen molar-refractivity contribution in [3.8, 4) is 0 Å². The second kappa shape index (κ2) is 10.7. The number of amides is 3. The van der Waals surface area contributed by atoms with Crippen LogP contribution in [0.25, 0.3) is 10.8 Å². The summed E-state index contributed by atoms with van der Waals surface area (Å²) in [5.74, 6) is -1.65. The number of rotatable bonds is 6. The number of thiocarbonyl (C=S) groups is 1. The molecule has 2 heterocycles. The quantitative estimate of drug-likeness (QED) is 0.201. The maximum Gasteiger partial charge on any atom is 0.288 e. The van der Waals surface area contributed by atoms with Crippen LogP contribution in [0.5, 0.6) is 0 Å². The van der Waals surface area contributed by atoms with Crippen molar-refractivity contribution in [3.63, 3.8) is 0 Å². The van der Waals surface area contributed by atoms with Crippen molar-refractivity contribution in [3.05, 3.63) is 113 Å². The average molecular weight is 528 g/mol. The van der Waals surface area contributed by atoms with Crippen LogP contribution in [0, 0.1) is 5.82 Å². The number of nitrogens with zero attached hydrogens (tertiary/aromatic N) is 2. The monoisotopic (exact) mass is 527 g/mol. The summed E-state index contributed by atoms with van der Waals surface area (Å²) in [4.78, 5) is 44.0. The van der Waals surface area contributed by atoms with Gasteiger partial charge in [-0.1, -0.05) is 48.5 Å². The Hall–Kier alpha value is -4.70. The maximum atomic E-state index is 13.4. The molecule has 1 aliphatic rings. The van der Waals surface area contributed by atoms with E-state index in [1.54, 1.807) is 48.7 Å². The lowest BCUT2D eigenvalue weighted by molar-refractivity contribution is 0.0641. The topological polar surface area (TPSA) is 103 Å². The first kappa shape index (κ1) is 25.0. The van der Waals surface area contributed by atoms with E-state index in [1.807, 2.05) is 24.3 Å². The van der Waals surface area contributed by atoms with Gasteiger partial charge in [-0.25, -0.2) is 4.39 Å². The largest absolute Gasteiger partial charge is 0.356 e. The minimum absolute atomic E-state index is 0.00433. The number of hydrogen-bond donors (Lipinski definition) is 3. The number of pyridine rings is 1. The van der Waals surface area contributed by atoms with Gasteiger partial charge >= 0.3 is 0 Å². The minimum atomic E-state index is -0.532. The van der Waals surface area contributed by atoms with E-state index in [2.05, 4.69) is 21.2 Å². The summed E-state index contributed by atoms with van der Waals surface area (Å²) in [6.45, 7) is 0.00433.